The summed E-state index contributed by atoms with van der Waals surface area (Å²) in [5.41, 5.74) is 3.90. The van der Waals surface area contributed by atoms with Gasteiger partial charge in [-0.15, -0.1) is 0 Å². The van der Waals surface area contributed by atoms with Crippen molar-refractivity contribution >= 4 is 5.69 Å². The van der Waals surface area contributed by atoms with E-state index >= 15 is 0 Å². The van der Waals surface area contributed by atoms with Crippen LogP contribution in [0.25, 0.3) is 0 Å². The van der Waals surface area contributed by atoms with Crippen molar-refractivity contribution in [2.45, 2.75) is 20.3 Å². The first kappa shape index (κ1) is 10.1. The third-order valence-corrected chi connectivity index (χ3v) is 2.83. The van der Waals surface area contributed by atoms with Crippen LogP contribution in [0.1, 0.15) is 18.9 Å². The van der Waals surface area contributed by atoms with E-state index < -0.39 is 0 Å². The molecule has 1 aliphatic rings. The van der Waals surface area contributed by atoms with Gasteiger partial charge in [0.1, 0.15) is 5.75 Å². The van der Waals surface area contributed by atoms with Gasteiger partial charge in [-0.05, 0) is 31.9 Å². The molecule has 1 heterocycles. The van der Waals surface area contributed by atoms with Crippen molar-refractivity contribution in [3.05, 3.63) is 35.5 Å². The Morgan fingerprint density at radius 3 is 2.67 bits per heavy atom. The van der Waals surface area contributed by atoms with Gasteiger partial charge in [0.15, 0.2) is 0 Å². The predicted octanol–water partition coefficient (Wildman–Crippen LogP) is 3.12. The molecule has 0 aliphatic carbocycles. The van der Waals surface area contributed by atoms with E-state index in [4.69, 9.17) is 4.74 Å². The van der Waals surface area contributed by atoms with Gasteiger partial charge in [0, 0.05) is 12.7 Å². The monoisotopic (exact) mass is 203 g/mol. The molecule has 0 aromatic heterocycles. The molecule has 0 spiro atoms. The summed E-state index contributed by atoms with van der Waals surface area (Å²) in [6, 6.07) is 6.17. The molecule has 0 radical (unpaired) electrons. The van der Waals surface area contributed by atoms with Crippen molar-refractivity contribution < 1.29 is 4.74 Å². The lowest BCUT2D eigenvalue weighted by atomic mass is 10.1. The predicted molar refractivity (Wildman–Crippen MR) is 63.5 cm³/mol. The maximum absolute atomic E-state index is 5.40. The molecule has 0 amide bonds. The van der Waals surface area contributed by atoms with Crippen LogP contribution in [0.5, 0.6) is 5.75 Å². The van der Waals surface area contributed by atoms with Crippen molar-refractivity contribution in [3.8, 4) is 5.75 Å². The summed E-state index contributed by atoms with van der Waals surface area (Å²) in [5, 5.41) is 0. The molecule has 1 aromatic rings. The summed E-state index contributed by atoms with van der Waals surface area (Å²) in [7, 11) is 1.73. The molecule has 0 bridgehead atoms. The van der Waals surface area contributed by atoms with Crippen LogP contribution in [-0.4, -0.2) is 13.7 Å². The first-order chi connectivity index (χ1) is 7.22. The molecule has 0 saturated heterocycles. The van der Waals surface area contributed by atoms with Gasteiger partial charge in [-0.3, -0.25) is 0 Å². The topological polar surface area (TPSA) is 12.5 Å². The molecular formula is C13H17NO. The molecule has 15 heavy (non-hydrogen) atoms. The van der Waals surface area contributed by atoms with E-state index in [0.717, 1.165) is 18.7 Å². The summed E-state index contributed by atoms with van der Waals surface area (Å²) in [6.07, 6.45) is 3.36. The molecule has 0 saturated carbocycles. The molecule has 0 atom stereocenters. The lowest BCUT2D eigenvalue weighted by Crippen LogP contribution is -2.14. The number of anilines is 1. The second kappa shape index (κ2) is 3.97. The standard InChI is InChI=1S/C13H17NO/c1-10-7-8-14(9-10)13-11(2)5-4-6-12(13)15-3/h4-6,9H,7-8H2,1-3H3. The van der Waals surface area contributed by atoms with E-state index in [-0.39, 0.29) is 0 Å². The van der Waals surface area contributed by atoms with Gasteiger partial charge in [0.2, 0.25) is 0 Å². The van der Waals surface area contributed by atoms with Gasteiger partial charge < -0.3 is 9.64 Å². The van der Waals surface area contributed by atoms with E-state index in [1.165, 1.54) is 16.8 Å². The first-order valence-electron chi connectivity index (χ1n) is 5.30. The fourth-order valence-electron chi connectivity index (χ4n) is 2.03. The van der Waals surface area contributed by atoms with Gasteiger partial charge in [-0.25, -0.2) is 0 Å². The van der Waals surface area contributed by atoms with Gasteiger partial charge in [0.05, 0.1) is 12.8 Å². The van der Waals surface area contributed by atoms with Crippen LogP contribution in [0.15, 0.2) is 30.0 Å². The van der Waals surface area contributed by atoms with Crippen molar-refractivity contribution in [2.24, 2.45) is 0 Å². The average Bonchev–Trinajstić information content (AvgIpc) is 2.64. The minimum absolute atomic E-state index is 0.959. The maximum atomic E-state index is 5.40. The van der Waals surface area contributed by atoms with E-state index in [9.17, 15) is 0 Å². The zero-order valence-electron chi connectivity index (χ0n) is 9.58. The van der Waals surface area contributed by atoms with E-state index in [1.54, 1.807) is 7.11 Å². The molecule has 2 rings (SSSR count). The summed E-state index contributed by atoms with van der Waals surface area (Å²) in [6.45, 7) is 5.36. The Morgan fingerprint density at radius 1 is 1.27 bits per heavy atom. The molecule has 0 unspecified atom stereocenters. The van der Waals surface area contributed by atoms with E-state index in [0.29, 0.717) is 0 Å². The zero-order chi connectivity index (χ0) is 10.8. The molecule has 0 fully saturated rings. The van der Waals surface area contributed by atoms with Gasteiger partial charge >= 0.3 is 0 Å². The molecule has 2 heteroatoms. The minimum atomic E-state index is 0.959. The molecule has 1 aromatic carbocycles. The quantitative estimate of drug-likeness (QED) is 0.732. The molecule has 2 nitrogen and oxygen atoms in total. The Balaban J connectivity index is 2.42. The van der Waals surface area contributed by atoms with Crippen molar-refractivity contribution in [2.75, 3.05) is 18.6 Å². The normalized spacial score (nSPS) is 15.4. The number of ether oxygens (including phenoxy) is 1. The van der Waals surface area contributed by atoms with Crippen molar-refractivity contribution in [1.82, 2.24) is 0 Å². The number of aryl methyl sites for hydroxylation is 1. The van der Waals surface area contributed by atoms with Crippen LogP contribution in [0.3, 0.4) is 0 Å². The number of nitrogens with zero attached hydrogens (tertiary/aromatic N) is 1. The Labute approximate surface area is 91.2 Å². The summed E-state index contributed by atoms with van der Waals surface area (Å²) in [5.74, 6) is 0.959. The number of benzene rings is 1. The SMILES string of the molecule is COc1cccc(C)c1N1C=C(C)CC1. The molecule has 80 valence electrons. The minimum Gasteiger partial charge on any atom is -0.495 e. The van der Waals surface area contributed by atoms with Crippen molar-refractivity contribution in [3.63, 3.8) is 0 Å². The zero-order valence-corrected chi connectivity index (χ0v) is 9.58. The third-order valence-electron chi connectivity index (χ3n) is 2.83. The fraction of sp³-hybridized carbons (Fsp3) is 0.385. The molecule has 1 aliphatic heterocycles. The average molecular weight is 203 g/mol. The van der Waals surface area contributed by atoms with Crippen LogP contribution in [-0.2, 0) is 0 Å². The lowest BCUT2D eigenvalue weighted by Gasteiger charge is -2.20. The van der Waals surface area contributed by atoms with Crippen LogP contribution in [0, 0.1) is 6.92 Å². The largest absolute Gasteiger partial charge is 0.495 e. The number of methoxy groups -OCH3 is 1. The highest BCUT2D eigenvalue weighted by Gasteiger charge is 2.16. The number of hydrogen-bond acceptors (Lipinski definition) is 2. The summed E-state index contributed by atoms with van der Waals surface area (Å²) >= 11 is 0. The summed E-state index contributed by atoms with van der Waals surface area (Å²) < 4.78 is 5.40. The maximum Gasteiger partial charge on any atom is 0.142 e. The van der Waals surface area contributed by atoms with Crippen LogP contribution in [0.4, 0.5) is 5.69 Å². The summed E-state index contributed by atoms with van der Waals surface area (Å²) in [4.78, 5) is 2.28. The van der Waals surface area contributed by atoms with Gasteiger partial charge in [-0.1, -0.05) is 17.7 Å². The number of hydrogen-bond donors (Lipinski definition) is 0. The molecule has 0 N–H and O–H groups in total. The van der Waals surface area contributed by atoms with E-state index in [1.807, 2.05) is 12.1 Å². The second-order valence-electron chi connectivity index (χ2n) is 4.04. The Morgan fingerprint density at radius 2 is 2.07 bits per heavy atom. The highest BCUT2D eigenvalue weighted by molar-refractivity contribution is 5.66. The second-order valence-corrected chi connectivity index (χ2v) is 4.04. The Hall–Kier alpha value is -1.44. The number of para-hydroxylation sites is 1. The third kappa shape index (κ3) is 1.84. The molecular weight excluding hydrogens is 186 g/mol. The van der Waals surface area contributed by atoms with Gasteiger partial charge in [-0.2, -0.15) is 0 Å². The van der Waals surface area contributed by atoms with Crippen molar-refractivity contribution in [1.29, 1.82) is 0 Å². The van der Waals surface area contributed by atoms with Crippen LogP contribution >= 0.6 is 0 Å². The Kier molecular flexibility index (Phi) is 2.67. The Bertz CT molecular complexity index is 396. The van der Waals surface area contributed by atoms with E-state index in [2.05, 4.69) is 31.0 Å². The highest BCUT2D eigenvalue weighted by Crippen LogP contribution is 2.34. The first-order valence-corrected chi connectivity index (χ1v) is 5.30. The van der Waals surface area contributed by atoms with Crippen LogP contribution < -0.4 is 9.64 Å². The van der Waals surface area contributed by atoms with Crippen LogP contribution in [0.2, 0.25) is 0 Å². The fourth-order valence-corrected chi connectivity index (χ4v) is 2.03. The number of rotatable bonds is 2. The lowest BCUT2D eigenvalue weighted by molar-refractivity contribution is 0.415. The highest BCUT2D eigenvalue weighted by atomic mass is 16.5. The van der Waals surface area contributed by atoms with Gasteiger partial charge in [0.25, 0.3) is 0 Å². The smallest absolute Gasteiger partial charge is 0.142 e.